The molecule has 4 heteroatoms. The van der Waals surface area contributed by atoms with Crippen molar-refractivity contribution < 1.29 is 4.79 Å². The van der Waals surface area contributed by atoms with Crippen molar-refractivity contribution in [2.24, 2.45) is 11.7 Å². The number of nitrogens with one attached hydrogen (secondary N) is 1. The molecular weight excluding hydrogens is 442 g/mol. The zero-order valence-electron chi connectivity index (χ0n) is 20.5. The summed E-state index contributed by atoms with van der Waals surface area (Å²) < 4.78 is 0. The molecule has 1 saturated heterocycles. The van der Waals surface area contributed by atoms with Crippen LogP contribution < -0.4 is 11.1 Å². The maximum absolute atomic E-state index is 13.6. The van der Waals surface area contributed by atoms with Crippen LogP contribution in [0.3, 0.4) is 0 Å². The fourth-order valence-corrected chi connectivity index (χ4v) is 5.36. The Balaban J connectivity index is 1.31. The predicted molar refractivity (Wildman–Crippen MR) is 145 cm³/mol. The van der Waals surface area contributed by atoms with E-state index in [0.29, 0.717) is 12.5 Å². The van der Waals surface area contributed by atoms with E-state index in [1.54, 1.807) is 0 Å². The normalized spacial score (nSPS) is 16.2. The number of hydrogen-bond donors (Lipinski definition) is 2. The zero-order valence-corrected chi connectivity index (χ0v) is 20.5. The Morgan fingerprint density at radius 1 is 0.778 bits per heavy atom. The lowest BCUT2D eigenvalue weighted by Crippen LogP contribution is -2.53. The number of benzene rings is 4. The molecule has 1 aliphatic rings. The Labute approximate surface area is 213 Å². The Morgan fingerprint density at radius 2 is 1.22 bits per heavy atom. The van der Waals surface area contributed by atoms with Crippen molar-refractivity contribution in [3.63, 3.8) is 0 Å². The van der Waals surface area contributed by atoms with Gasteiger partial charge in [-0.2, -0.15) is 0 Å². The molecule has 0 saturated carbocycles. The van der Waals surface area contributed by atoms with Crippen molar-refractivity contribution in [2.75, 3.05) is 19.6 Å². The van der Waals surface area contributed by atoms with Gasteiger partial charge in [0.15, 0.2) is 0 Å². The first-order valence-corrected chi connectivity index (χ1v) is 12.7. The molecule has 1 atom stereocenters. The maximum Gasteiger partial charge on any atom is 0.249 e. The highest BCUT2D eigenvalue weighted by molar-refractivity contribution is 5.91. The van der Waals surface area contributed by atoms with E-state index in [1.807, 2.05) is 60.7 Å². The summed E-state index contributed by atoms with van der Waals surface area (Å²) in [4.78, 5) is 16.2. The van der Waals surface area contributed by atoms with Gasteiger partial charge in [-0.1, -0.05) is 121 Å². The predicted octanol–water partition coefficient (Wildman–Crippen LogP) is 5.12. The number of amides is 1. The highest BCUT2D eigenvalue weighted by Crippen LogP contribution is 2.33. The minimum atomic E-state index is -1.24. The lowest BCUT2D eigenvalue weighted by Gasteiger charge is -2.30. The average molecular weight is 476 g/mol. The molecule has 4 aromatic carbocycles. The van der Waals surface area contributed by atoms with Gasteiger partial charge in [0.1, 0.15) is 5.54 Å². The van der Waals surface area contributed by atoms with Gasteiger partial charge in [-0.25, -0.2) is 0 Å². The lowest BCUT2D eigenvalue weighted by atomic mass is 9.83. The van der Waals surface area contributed by atoms with Gasteiger partial charge in [0.05, 0.1) is 6.04 Å². The Kier molecular flexibility index (Phi) is 7.26. The van der Waals surface area contributed by atoms with Gasteiger partial charge < -0.3 is 11.1 Å². The summed E-state index contributed by atoms with van der Waals surface area (Å²) in [7, 11) is 0. The van der Waals surface area contributed by atoms with Crippen molar-refractivity contribution >= 4 is 5.91 Å². The number of carbonyl (C=O) groups excluding carboxylic acids is 1. The van der Waals surface area contributed by atoms with Gasteiger partial charge in [0.25, 0.3) is 0 Å². The van der Waals surface area contributed by atoms with E-state index in [1.165, 1.54) is 11.1 Å². The third kappa shape index (κ3) is 4.97. The van der Waals surface area contributed by atoms with Crippen molar-refractivity contribution in [2.45, 2.75) is 18.0 Å². The first-order chi connectivity index (χ1) is 17.7. The van der Waals surface area contributed by atoms with Gasteiger partial charge in [-0.3, -0.25) is 9.69 Å². The highest BCUT2D eigenvalue weighted by Gasteiger charge is 2.38. The molecule has 1 heterocycles. The number of hydrogen-bond acceptors (Lipinski definition) is 3. The van der Waals surface area contributed by atoms with Crippen molar-refractivity contribution in [1.29, 1.82) is 0 Å². The Morgan fingerprint density at radius 3 is 1.69 bits per heavy atom. The zero-order chi connectivity index (χ0) is 24.8. The third-order valence-electron chi connectivity index (χ3n) is 7.28. The van der Waals surface area contributed by atoms with E-state index in [-0.39, 0.29) is 11.9 Å². The standard InChI is InChI=1S/C32H33N3O/c33-32(28-17-9-3-10-18-28,29-19-11-4-12-20-29)31(36)34-23-25-21-22-35(24-25)30(26-13-5-1-6-14-26)27-15-7-2-8-16-27/h1-20,25,30H,21-24,33H2,(H,34,36). The van der Waals surface area contributed by atoms with Crippen LogP contribution in [0.2, 0.25) is 0 Å². The molecule has 0 spiro atoms. The molecule has 4 aromatic rings. The molecule has 0 aromatic heterocycles. The summed E-state index contributed by atoms with van der Waals surface area (Å²) >= 11 is 0. The Bertz CT molecular complexity index is 1170. The number of rotatable bonds is 8. The van der Waals surface area contributed by atoms with Crippen molar-refractivity contribution in [3.05, 3.63) is 144 Å². The minimum absolute atomic E-state index is 0.166. The quantitative estimate of drug-likeness (QED) is 0.372. The van der Waals surface area contributed by atoms with Crippen LogP contribution in [0.25, 0.3) is 0 Å². The molecule has 1 fully saturated rings. The monoisotopic (exact) mass is 475 g/mol. The van der Waals surface area contributed by atoms with Crippen LogP contribution in [0.5, 0.6) is 0 Å². The summed E-state index contributed by atoms with van der Waals surface area (Å²) in [5.41, 5.74) is 9.80. The summed E-state index contributed by atoms with van der Waals surface area (Å²) in [6, 6.07) is 40.8. The van der Waals surface area contributed by atoms with Crippen LogP contribution in [0.1, 0.15) is 34.7 Å². The van der Waals surface area contributed by atoms with Crippen LogP contribution in [-0.2, 0) is 10.3 Å². The number of carbonyl (C=O) groups is 1. The first-order valence-electron chi connectivity index (χ1n) is 12.7. The SMILES string of the molecule is NC(C(=O)NCC1CCN(C(c2ccccc2)c2ccccc2)C1)(c1ccccc1)c1ccccc1. The molecule has 3 N–H and O–H groups in total. The van der Waals surface area contributed by atoms with Gasteiger partial charge in [-0.05, 0) is 41.1 Å². The minimum Gasteiger partial charge on any atom is -0.354 e. The summed E-state index contributed by atoms with van der Waals surface area (Å²) in [6.07, 6.45) is 1.03. The summed E-state index contributed by atoms with van der Waals surface area (Å²) in [6.45, 7) is 2.51. The third-order valence-corrected chi connectivity index (χ3v) is 7.28. The number of likely N-dealkylation sites (tertiary alicyclic amines) is 1. The largest absolute Gasteiger partial charge is 0.354 e. The molecular formula is C32H33N3O. The average Bonchev–Trinajstić information content (AvgIpc) is 3.42. The molecule has 5 rings (SSSR count). The van der Waals surface area contributed by atoms with Gasteiger partial charge in [0, 0.05) is 13.1 Å². The van der Waals surface area contributed by atoms with E-state index in [9.17, 15) is 4.79 Å². The second-order valence-electron chi connectivity index (χ2n) is 9.62. The van der Waals surface area contributed by atoms with E-state index < -0.39 is 5.54 Å². The molecule has 36 heavy (non-hydrogen) atoms. The smallest absolute Gasteiger partial charge is 0.249 e. The van der Waals surface area contributed by atoms with Crippen molar-refractivity contribution in [1.82, 2.24) is 10.2 Å². The van der Waals surface area contributed by atoms with Crippen molar-refractivity contribution in [3.8, 4) is 0 Å². The second-order valence-corrected chi connectivity index (χ2v) is 9.62. The lowest BCUT2D eigenvalue weighted by molar-refractivity contribution is -0.125. The van der Waals surface area contributed by atoms with E-state index in [2.05, 4.69) is 70.9 Å². The molecule has 0 aliphatic carbocycles. The number of nitrogens with two attached hydrogens (primary N) is 1. The molecule has 0 radical (unpaired) electrons. The molecule has 182 valence electrons. The fraction of sp³-hybridized carbons (Fsp3) is 0.219. The van der Waals surface area contributed by atoms with E-state index in [4.69, 9.17) is 5.73 Å². The fourth-order valence-electron chi connectivity index (χ4n) is 5.36. The van der Waals surface area contributed by atoms with Crippen LogP contribution in [0.15, 0.2) is 121 Å². The van der Waals surface area contributed by atoms with Crippen LogP contribution in [0.4, 0.5) is 0 Å². The van der Waals surface area contributed by atoms with Gasteiger partial charge in [-0.15, -0.1) is 0 Å². The van der Waals surface area contributed by atoms with Crippen LogP contribution >= 0.6 is 0 Å². The van der Waals surface area contributed by atoms with Crippen LogP contribution in [-0.4, -0.2) is 30.4 Å². The van der Waals surface area contributed by atoms with E-state index >= 15 is 0 Å². The van der Waals surface area contributed by atoms with E-state index in [0.717, 1.165) is 30.6 Å². The topological polar surface area (TPSA) is 58.4 Å². The maximum atomic E-state index is 13.6. The first kappa shape index (κ1) is 24.0. The Hall–Kier alpha value is -3.73. The molecule has 1 aliphatic heterocycles. The van der Waals surface area contributed by atoms with Gasteiger partial charge >= 0.3 is 0 Å². The number of nitrogens with zero attached hydrogens (tertiary/aromatic N) is 1. The summed E-state index contributed by atoms with van der Waals surface area (Å²) in [5, 5.41) is 3.21. The highest BCUT2D eigenvalue weighted by atomic mass is 16.2. The summed E-state index contributed by atoms with van der Waals surface area (Å²) in [5.74, 6) is 0.195. The second kappa shape index (κ2) is 10.9. The molecule has 1 amide bonds. The molecule has 4 nitrogen and oxygen atoms in total. The van der Waals surface area contributed by atoms with Gasteiger partial charge in [0.2, 0.25) is 5.91 Å². The molecule has 0 bridgehead atoms. The molecule has 1 unspecified atom stereocenters. The van der Waals surface area contributed by atoms with Crippen LogP contribution in [0, 0.1) is 5.92 Å².